The molecular weight excluding hydrogens is 144 g/mol. The lowest BCUT2D eigenvalue weighted by atomic mass is 10.1. The van der Waals surface area contributed by atoms with Crippen molar-refractivity contribution in [2.45, 2.75) is 65.2 Å². The lowest BCUT2D eigenvalue weighted by Crippen LogP contribution is -1.82. The molecule has 0 unspecified atom stereocenters. The molecule has 0 saturated heterocycles. The van der Waals surface area contributed by atoms with Gasteiger partial charge in [-0.1, -0.05) is 58.8 Å². The SMILES string of the molecule is CCCC[CH]C[CH]CCCCC. The second-order valence-electron chi connectivity index (χ2n) is 3.45. The molecule has 0 N–H and O–H groups in total. The summed E-state index contributed by atoms with van der Waals surface area (Å²) >= 11 is 0. The molecule has 0 aliphatic rings. The topological polar surface area (TPSA) is 0 Å². The van der Waals surface area contributed by atoms with Crippen molar-refractivity contribution in [2.24, 2.45) is 0 Å². The van der Waals surface area contributed by atoms with E-state index in [-0.39, 0.29) is 0 Å². The van der Waals surface area contributed by atoms with Crippen molar-refractivity contribution < 1.29 is 0 Å². The summed E-state index contributed by atoms with van der Waals surface area (Å²) < 4.78 is 0. The average Bonchev–Trinajstić information content (AvgIpc) is 2.10. The third-order valence-electron chi connectivity index (χ3n) is 2.11. The van der Waals surface area contributed by atoms with E-state index in [4.69, 9.17) is 0 Å². The molecule has 0 aliphatic heterocycles. The second kappa shape index (κ2) is 11.0. The van der Waals surface area contributed by atoms with Crippen molar-refractivity contribution >= 4 is 0 Å². The molecule has 0 saturated carbocycles. The highest BCUT2D eigenvalue weighted by molar-refractivity contribution is 4.75. The molecule has 0 fully saturated rings. The van der Waals surface area contributed by atoms with Gasteiger partial charge in [-0.25, -0.2) is 0 Å². The molecule has 0 aromatic carbocycles. The van der Waals surface area contributed by atoms with Gasteiger partial charge in [0.05, 0.1) is 0 Å². The van der Waals surface area contributed by atoms with Crippen molar-refractivity contribution in [1.29, 1.82) is 0 Å². The molecule has 0 aliphatic carbocycles. The van der Waals surface area contributed by atoms with Crippen LogP contribution in [0.3, 0.4) is 0 Å². The molecule has 0 heterocycles. The van der Waals surface area contributed by atoms with Crippen LogP contribution in [0.1, 0.15) is 65.2 Å². The molecule has 0 rings (SSSR count). The molecule has 0 aromatic heterocycles. The lowest BCUT2D eigenvalue weighted by molar-refractivity contribution is 0.690. The van der Waals surface area contributed by atoms with Gasteiger partial charge < -0.3 is 0 Å². The van der Waals surface area contributed by atoms with Crippen LogP contribution in [-0.4, -0.2) is 0 Å². The first kappa shape index (κ1) is 12.0. The summed E-state index contributed by atoms with van der Waals surface area (Å²) in [6.07, 6.45) is 15.5. The van der Waals surface area contributed by atoms with Gasteiger partial charge in [0.1, 0.15) is 0 Å². The Labute approximate surface area is 78.8 Å². The van der Waals surface area contributed by atoms with E-state index in [1.165, 1.54) is 51.4 Å². The van der Waals surface area contributed by atoms with E-state index in [0.717, 1.165) is 0 Å². The molecular formula is C12H24. The van der Waals surface area contributed by atoms with Gasteiger partial charge in [-0.15, -0.1) is 0 Å². The van der Waals surface area contributed by atoms with E-state index in [2.05, 4.69) is 26.7 Å². The maximum Gasteiger partial charge on any atom is -0.0383 e. The first-order valence-electron chi connectivity index (χ1n) is 5.55. The van der Waals surface area contributed by atoms with E-state index in [0.29, 0.717) is 0 Å². The highest BCUT2D eigenvalue weighted by atomic mass is 14.0. The molecule has 0 bridgehead atoms. The zero-order valence-electron chi connectivity index (χ0n) is 8.81. The van der Waals surface area contributed by atoms with Gasteiger partial charge in [0, 0.05) is 0 Å². The Morgan fingerprint density at radius 1 is 0.750 bits per heavy atom. The summed E-state index contributed by atoms with van der Waals surface area (Å²) in [6, 6.07) is 0. The Bertz CT molecular complexity index is 56.4. The van der Waals surface area contributed by atoms with Gasteiger partial charge in [-0.2, -0.15) is 0 Å². The zero-order chi connectivity index (χ0) is 9.07. The number of unbranched alkanes of at least 4 members (excludes halogenated alkanes) is 9. The highest BCUT2D eigenvalue weighted by Crippen LogP contribution is 2.08. The van der Waals surface area contributed by atoms with E-state index >= 15 is 0 Å². The standard InChI is InChI=1S/C12H24/c1-3-5-7-9-11-12-10-8-6-4-2/h9,12H,3-8,10-11H2,1-2H3. The van der Waals surface area contributed by atoms with Gasteiger partial charge in [0.15, 0.2) is 0 Å². The Hall–Kier alpha value is 0. The summed E-state index contributed by atoms with van der Waals surface area (Å²) in [7, 11) is 0. The van der Waals surface area contributed by atoms with Crippen LogP contribution in [0.5, 0.6) is 0 Å². The summed E-state index contributed by atoms with van der Waals surface area (Å²) in [5, 5.41) is 0. The molecule has 2 radical (unpaired) electrons. The zero-order valence-corrected chi connectivity index (χ0v) is 8.81. The van der Waals surface area contributed by atoms with Crippen LogP contribution in [-0.2, 0) is 0 Å². The van der Waals surface area contributed by atoms with Gasteiger partial charge in [-0.3, -0.25) is 0 Å². The third kappa shape index (κ3) is 10.0. The largest absolute Gasteiger partial charge is 0.0654 e. The van der Waals surface area contributed by atoms with Crippen molar-refractivity contribution in [2.75, 3.05) is 0 Å². The van der Waals surface area contributed by atoms with E-state index in [1.54, 1.807) is 0 Å². The number of hydrogen-bond donors (Lipinski definition) is 0. The number of rotatable bonds is 9. The van der Waals surface area contributed by atoms with Gasteiger partial charge in [0.25, 0.3) is 0 Å². The first-order valence-corrected chi connectivity index (χ1v) is 5.55. The van der Waals surface area contributed by atoms with Gasteiger partial charge >= 0.3 is 0 Å². The lowest BCUT2D eigenvalue weighted by Gasteiger charge is -1.99. The van der Waals surface area contributed by atoms with Crippen LogP contribution in [0.2, 0.25) is 0 Å². The Morgan fingerprint density at radius 3 is 1.92 bits per heavy atom. The fraction of sp³-hybridized carbons (Fsp3) is 0.833. The predicted octanol–water partition coefficient (Wildman–Crippen LogP) is 4.56. The quantitative estimate of drug-likeness (QED) is 0.443. The summed E-state index contributed by atoms with van der Waals surface area (Å²) in [5.74, 6) is 0. The molecule has 0 spiro atoms. The van der Waals surface area contributed by atoms with E-state index < -0.39 is 0 Å². The fourth-order valence-corrected chi connectivity index (χ4v) is 1.24. The van der Waals surface area contributed by atoms with Crippen LogP contribution >= 0.6 is 0 Å². The van der Waals surface area contributed by atoms with Crippen LogP contribution in [0.25, 0.3) is 0 Å². The monoisotopic (exact) mass is 168 g/mol. The van der Waals surface area contributed by atoms with Crippen LogP contribution in [0, 0.1) is 12.8 Å². The van der Waals surface area contributed by atoms with Crippen molar-refractivity contribution in [3.8, 4) is 0 Å². The van der Waals surface area contributed by atoms with Crippen LogP contribution in [0.4, 0.5) is 0 Å². The second-order valence-corrected chi connectivity index (χ2v) is 3.45. The minimum absolute atomic E-state index is 1.23. The molecule has 72 valence electrons. The highest BCUT2D eigenvalue weighted by Gasteiger charge is 1.90. The molecule has 0 nitrogen and oxygen atoms in total. The van der Waals surface area contributed by atoms with Crippen molar-refractivity contribution in [3.63, 3.8) is 0 Å². The third-order valence-corrected chi connectivity index (χ3v) is 2.11. The summed E-state index contributed by atoms with van der Waals surface area (Å²) in [5.41, 5.74) is 0. The van der Waals surface area contributed by atoms with E-state index in [1.807, 2.05) is 0 Å². The Morgan fingerprint density at radius 2 is 1.33 bits per heavy atom. The van der Waals surface area contributed by atoms with Crippen LogP contribution in [0.15, 0.2) is 0 Å². The number of hydrogen-bond acceptors (Lipinski definition) is 0. The van der Waals surface area contributed by atoms with Gasteiger partial charge in [0.2, 0.25) is 0 Å². The van der Waals surface area contributed by atoms with E-state index in [9.17, 15) is 0 Å². The molecule has 0 atom stereocenters. The first-order chi connectivity index (χ1) is 5.91. The predicted molar refractivity (Wildman–Crippen MR) is 56.9 cm³/mol. The smallest absolute Gasteiger partial charge is 0.0383 e. The Balaban J connectivity index is 2.73. The maximum absolute atomic E-state index is 2.42. The molecule has 12 heavy (non-hydrogen) atoms. The van der Waals surface area contributed by atoms with Crippen LogP contribution < -0.4 is 0 Å². The van der Waals surface area contributed by atoms with Crippen molar-refractivity contribution in [3.05, 3.63) is 12.8 Å². The molecule has 0 amide bonds. The Kier molecular flexibility index (Phi) is 11.0. The van der Waals surface area contributed by atoms with Gasteiger partial charge in [-0.05, 0) is 19.3 Å². The molecule has 0 aromatic rings. The minimum atomic E-state index is 1.23. The normalized spacial score (nSPS) is 10.5. The minimum Gasteiger partial charge on any atom is -0.0654 e. The summed E-state index contributed by atoms with van der Waals surface area (Å²) in [4.78, 5) is 0. The van der Waals surface area contributed by atoms with Crippen molar-refractivity contribution in [1.82, 2.24) is 0 Å². The summed E-state index contributed by atoms with van der Waals surface area (Å²) in [6.45, 7) is 4.51. The fourth-order valence-electron chi connectivity index (χ4n) is 1.24. The average molecular weight is 168 g/mol. The molecule has 0 heteroatoms. The maximum atomic E-state index is 2.42.